The standard InChI is InChI=1S/C12H15N3O3/c1-2-18-10-5-8(3-4-9(10)13)15-6-11(16)14-12(17)7-15/h3-5H,2,6-7,13H2,1H3,(H,14,16,17). The molecule has 6 heteroatoms. The van der Waals surface area contributed by atoms with Gasteiger partial charge in [0.05, 0.1) is 25.4 Å². The van der Waals surface area contributed by atoms with Crippen molar-refractivity contribution < 1.29 is 14.3 Å². The van der Waals surface area contributed by atoms with Crippen molar-refractivity contribution in [3.63, 3.8) is 0 Å². The molecule has 1 aromatic carbocycles. The number of hydrogen-bond acceptors (Lipinski definition) is 5. The van der Waals surface area contributed by atoms with Crippen LogP contribution in [0.15, 0.2) is 18.2 Å². The first kappa shape index (κ1) is 12.2. The van der Waals surface area contributed by atoms with E-state index >= 15 is 0 Å². The zero-order chi connectivity index (χ0) is 13.1. The summed E-state index contributed by atoms with van der Waals surface area (Å²) < 4.78 is 5.38. The Kier molecular flexibility index (Phi) is 3.36. The van der Waals surface area contributed by atoms with Crippen molar-refractivity contribution in [2.45, 2.75) is 6.92 Å². The first-order valence-corrected chi connectivity index (χ1v) is 5.70. The SMILES string of the molecule is CCOc1cc(N2CC(=O)NC(=O)C2)ccc1N. The van der Waals surface area contributed by atoms with Gasteiger partial charge < -0.3 is 15.4 Å². The Morgan fingerprint density at radius 1 is 1.33 bits per heavy atom. The minimum Gasteiger partial charge on any atom is -0.492 e. The number of piperazine rings is 1. The van der Waals surface area contributed by atoms with Crippen molar-refractivity contribution in [1.82, 2.24) is 5.32 Å². The molecular formula is C12H15N3O3. The molecule has 1 heterocycles. The maximum atomic E-state index is 11.3. The number of nitrogens with one attached hydrogen (secondary N) is 1. The lowest BCUT2D eigenvalue weighted by molar-refractivity contribution is -0.130. The molecule has 0 aromatic heterocycles. The van der Waals surface area contributed by atoms with Gasteiger partial charge in [-0.1, -0.05) is 0 Å². The van der Waals surface area contributed by atoms with Crippen LogP contribution in [0.2, 0.25) is 0 Å². The predicted octanol–water partition coefficient (Wildman–Crippen LogP) is 0.130. The van der Waals surface area contributed by atoms with Crippen LogP contribution in [-0.2, 0) is 9.59 Å². The van der Waals surface area contributed by atoms with Crippen molar-refractivity contribution in [2.75, 3.05) is 30.3 Å². The first-order chi connectivity index (χ1) is 8.60. The molecule has 1 aromatic rings. The number of ether oxygens (including phenoxy) is 1. The minimum absolute atomic E-state index is 0.154. The summed E-state index contributed by atoms with van der Waals surface area (Å²) in [5.41, 5.74) is 7.05. The van der Waals surface area contributed by atoms with Gasteiger partial charge in [0, 0.05) is 11.8 Å². The Hall–Kier alpha value is -2.24. The average Bonchev–Trinajstić information content (AvgIpc) is 2.31. The molecule has 0 bridgehead atoms. The number of nitrogens with two attached hydrogens (primary N) is 1. The van der Waals surface area contributed by atoms with Crippen LogP contribution in [0.3, 0.4) is 0 Å². The Morgan fingerprint density at radius 2 is 2.00 bits per heavy atom. The van der Waals surface area contributed by atoms with Crippen molar-refractivity contribution in [1.29, 1.82) is 0 Å². The van der Waals surface area contributed by atoms with Gasteiger partial charge >= 0.3 is 0 Å². The molecule has 1 aliphatic rings. The molecular weight excluding hydrogens is 234 g/mol. The van der Waals surface area contributed by atoms with Gasteiger partial charge in [-0.25, -0.2) is 0 Å². The van der Waals surface area contributed by atoms with E-state index < -0.39 is 0 Å². The topological polar surface area (TPSA) is 84.7 Å². The number of nitrogens with zero attached hydrogens (tertiary/aromatic N) is 1. The van der Waals surface area contributed by atoms with Crippen LogP contribution >= 0.6 is 0 Å². The molecule has 3 N–H and O–H groups in total. The largest absolute Gasteiger partial charge is 0.492 e. The van der Waals surface area contributed by atoms with Crippen LogP contribution in [-0.4, -0.2) is 31.5 Å². The second-order valence-corrected chi connectivity index (χ2v) is 3.98. The fourth-order valence-corrected chi connectivity index (χ4v) is 1.82. The normalized spacial score (nSPS) is 15.5. The quantitative estimate of drug-likeness (QED) is 0.587. The summed E-state index contributed by atoms with van der Waals surface area (Å²) in [5.74, 6) is -0.0458. The van der Waals surface area contributed by atoms with Crippen molar-refractivity contribution in [3.8, 4) is 5.75 Å². The number of rotatable bonds is 3. The van der Waals surface area contributed by atoms with Crippen LogP contribution in [0.4, 0.5) is 11.4 Å². The number of hydrogen-bond donors (Lipinski definition) is 2. The van der Waals surface area contributed by atoms with E-state index in [4.69, 9.17) is 10.5 Å². The van der Waals surface area contributed by atoms with E-state index in [1.807, 2.05) is 6.92 Å². The Balaban J connectivity index is 2.24. The summed E-state index contributed by atoms with van der Waals surface area (Å²) in [7, 11) is 0. The highest BCUT2D eigenvalue weighted by molar-refractivity contribution is 6.02. The molecule has 0 saturated carbocycles. The molecule has 6 nitrogen and oxygen atoms in total. The van der Waals surface area contributed by atoms with Gasteiger partial charge in [0.2, 0.25) is 11.8 Å². The molecule has 2 amide bonds. The van der Waals surface area contributed by atoms with Gasteiger partial charge in [-0.2, -0.15) is 0 Å². The molecule has 0 unspecified atom stereocenters. The summed E-state index contributed by atoms with van der Waals surface area (Å²) in [4.78, 5) is 24.3. The Morgan fingerprint density at radius 3 is 2.61 bits per heavy atom. The molecule has 18 heavy (non-hydrogen) atoms. The lowest BCUT2D eigenvalue weighted by atomic mass is 10.2. The van der Waals surface area contributed by atoms with Gasteiger partial charge in [0.25, 0.3) is 0 Å². The van der Waals surface area contributed by atoms with Crippen molar-refractivity contribution >= 4 is 23.2 Å². The number of anilines is 2. The van der Waals surface area contributed by atoms with Crippen LogP contribution < -0.4 is 20.7 Å². The molecule has 0 atom stereocenters. The monoisotopic (exact) mass is 249 g/mol. The summed E-state index contributed by atoms with van der Waals surface area (Å²) in [6.45, 7) is 2.68. The third kappa shape index (κ3) is 2.53. The number of benzene rings is 1. The smallest absolute Gasteiger partial charge is 0.246 e. The lowest BCUT2D eigenvalue weighted by Gasteiger charge is -2.27. The van der Waals surface area contributed by atoms with Crippen LogP contribution in [0, 0.1) is 0 Å². The van der Waals surface area contributed by atoms with E-state index in [-0.39, 0.29) is 24.9 Å². The molecule has 96 valence electrons. The zero-order valence-corrected chi connectivity index (χ0v) is 10.1. The van der Waals surface area contributed by atoms with Gasteiger partial charge in [-0.05, 0) is 19.1 Å². The maximum Gasteiger partial charge on any atom is 0.246 e. The molecule has 0 spiro atoms. The summed E-state index contributed by atoms with van der Waals surface area (Å²) >= 11 is 0. The number of nitrogen functional groups attached to an aromatic ring is 1. The highest BCUT2D eigenvalue weighted by Crippen LogP contribution is 2.28. The summed E-state index contributed by atoms with van der Waals surface area (Å²) in [5, 5.41) is 2.25. The number of carbonyl (C=O) groups is 2. The second-order valence-electron chi connectivity index (χ2n) is 3.98. The minimum atomic E-state index is -0.305. The second kappa shape index (κ2) is 4.95. The highest BCUT2D eigenvalue weighted by atomic mass is 16.5. The third-order valence-corrected chi connectivity index (χ3v) is 2.61. The van der Waals surface area contributed by atoms with Gasteiger partial charge in [0.1, 0.15) is 5.75 Å². The van der Waals surface area contributed by atoms with Crippen LogP contribution in [0.1, 0.15) is 6.92 Å². The lowest BCUT2D eigenvalue weighted by Crippen LogP contribution is -2.51. The Bertz CT molecular complexity index is 471. The highest BCUT2D eigenvalue weighted by Gasteiger charge is 2.23. The van der Waals surface area contributed by atoms with Crippen LogP contribution in [0.25, 0.3) is 0 Å². The Labute approximate surface area is 105 Å². The van der Waals surface area contributed by atoms with E-state index in [1.165, 1.54) is 0 Å². The summed E-state index contributed by atoms with van der Waals surface area (Å²) in [6.07, 6.45) is 0. The zero-order valence-electron chi connectivity index (χ0n) is 10.1. The first-order valence-electron chi connectivity index (χ1n) is 5.70. The van der Waals surface area contributed by atoms with Crippen molar-refractivity contribution in [3.05, 3.63) is 18.2 Å². The fraction of sp³-hybridized carbons (Fsp3) is 0.333. The number of imide groups is 1. The van der Waals surface area contributed by atoms with Gasteiger partial charge in [-0.3, -0.25) is 14.9 Å². The third-order valence-electron chi connectivity index (χ3n) is 2.61. The van der Waals surface area contributed by atoms with E-state index in [9.17, 15) is 9.59 Å². The molecule has 0 radical (unpaired) electrons. The van der Waals surface area contributed by atoms with E-state index in [0.29, 0.717) is 18.0 Å². The maximum absolute atomic E-state index is 11.3. The van der Waals surface area contributed by atoms with Crippen LogP contribution in [0.5, 0.6) is 5.75 Å². The number of carbonyl (C=O) groups excluding carboxylic acids is 2. The predicted molar refractivity (Wildman–Crippen MR) is 67.4 cm³/mol. The van der Waals surface area contributed by atoms with E-state index in [1.54, 1.807) is 23.1 Å². The summed E-state index contributed by atoms with van der Waals surface area (Å²) in [6, 6.07) is 5.21. The molecule has 1 saturated heterocycles. The van der Waals surface area contributed by atoms with E-state index in [2.05, 4.69) is 5.32 Å². The van der Waals surface area contributed by atoms with Gasteiger partial charge in [0.15, 0.2) is 0 Å². The molecule has 1 aliphatic heterocycles. The van der Waals surface area contributed by atoms with Crippen molar-refractivity contribution in [2.24, 2.45) is 0 Å². The van der Waals surface area contributed by atoms with E-state index in [0.717, 1.165) is 5.69 Å². The van der Waals surface area contributed by atoms with Gasteiger partial charge in [-0.15, -0.1) is 0 Å². The average molecular weight is 249 g/mol. The molecule has 2 rings (SSSR count). The number of amides is 2. The fourth-order valence-electron chi connectivity index (χ4n) is 1.82. The molecule has 0 aliphatic carbocycles. The molecule has 1 fully saturated rings.